The van der Waals surface area contributed by atoms with Gasteiger partial charge in [0.25, 0.3) is 0 Å². The maximum absolute atomic E-state index is 5.74. The van der Waals surface area contributed by atoms with E-state index in [4.69, 9.17) is 9.47 Å². The fourth-order valence-electron chi connectivity index (χ4n) is 2.16. The van der Waals surface area contributed by atoms with Gasteiger partial charge in [-0.15, -0.1) is 0 Å². The summed E-state index contributed by atoms with van der Waals surface area (Å²) in [7, 11) is 0. The van der Waals surface area contributed by atoms with Crippen LogP contribution in [0.3, 0.4) is 0 Å². The van der Waals surface area contributed by atoms with Crippen molar-refractivity contribution in [2.45, 2.75) is 48.5 Å². The van der Waals surface area contributed by atoms with E-state index in [1.54, 1.807) is 0 Å². The Bertz CT molecular complexity index is 182. The minimum atomic E-state index is -1.33. The van der Waals surface area contributed by atoms with E-state index in [9.17, 15) is 0 Å². The van der Waals surface area contributed by atoms with Crippen molar-refractivity contribution in [3.05, 3.63) is 0 Å². The van der Waals surface area contributed by atoms with Gasteiger partial charge < -0.3 is 0 Å². The average Bonchev–Trinajstić information content (AvgIpc) is 2.75. The third kappa shape index (κ3) is 4.58. The zero-order valence-corrected chi connectivity index (χ0v) is 14.8. The number of halogens is 2. The monoisotopic (exact) mass is 504 g/mol. The van der Waals surface area contributed by atoms with Gasteiger partial charge in [-0.1, -0.05) is 0 Å². The topological polar surface area (TPSA) is 18.5 Å². The van der Waals surface area contributed by atoms with Gasteiger partial charge in [-0.2, -0.15) is 0 Å². The summed E-state index contributed by atoms with van der Waals surface area (Å²) in [5, 5.41) is 2.66. The summed E-state index contributed by atoms with van der Waals surface area (Å²) in [5.74, 6) is 0. The SMILES string of the molecule is I[Se](I)(CC1CCCO1)CC1CCCO1. The quantitative estimate of drug-likeness (QED) is 0.431. The van der Waals surface area contributed by atoms with Crippen LogP contribution in [-0.4, -0.2) is 31.8 Å². The first-order valence-electron chi connectivity index (χ1n) is 5.57. The Morgan fingerprint density at radius 3 is 1.73 bits per heavy atom. The number of hydrogen-bond acceptors (Lipinski definition) is 2. The standard InChI is InChI=1S/C10H18I2O2Se/c11-15(12,7-9-3-1-5-13-9)8-10-4-2-6-14-10/h9-10H,1-8H2. The first-order chi connectivity index (χ1) is 7.16. The summed E-state index contributed by atoms with van der Waals surface area (Å²) in [6.07, 6.45) is 4.93. The van der Waals surface area contributed by atoms with Gasteiger partial charge in [0.2, 0.25) is 0 Å². The molecule has 0 aliphatic carbocycles. The van der Waals surface area contributed by atoms with Gasteiger partial charge in [-0.25, -0.2) is 0 Å². The third-order valence-electron chi connectivity index (χ3n) is 2.91. The molecule has 2 atom stereocenters. The molecule has 0 N–H and O–H groups in total. The zero-order valence-electron chi connectivity index (χ0n) is 8.79. The predicted octanol–water partition coefficient (Wildman–Crippen LogP) is 3.66. The molecule has 90 valence electrons. The second-order valence-corrected chi connectivity index (χ2v) is 34.9. The Balaban J connectivity index is 1.76. The number of hydrogen-bond donors (Lipinski definition) is 0. The summed E-state index contributed by atoms with van der Waals surface area (Å²) < 4.78 is 11.5. The van der Waals surface area contributed by atoms with Crippen LogP contribution >= 0.6 is 40.7 Å². The van der Waals surface area contributed by atoms with Crippen LogP contribution in [0.2, 0.25) is 10.6 Å². The first-order valence-corrected chi connectivity index (χ1v) is 18.4. The van der Waals surface area contributed by atoms with E-state index in [1.165, 1.54) is 36.3 Å². The molecular weight excluding hydrogens is 485 g/mol. The van der Waals surface area contributed by atoms with Gasteiger partial charge in [-0.3, -0.25) is 0 Å². The van der Waals surface area contributed by atoms with Crippen molar-refractivity contribution < 1.29 is 9.47 Å². The number of ether oxygens (including phenoxy) is 2. The molecular formula is C10H18I2O2Se. The van der Waals surface area contributed by atoms with Crippen LogP contribution in [0.5, 0.6) is 0 Å². The van der Waals surface area contributed by atoms with Crippen molar-refractivity contribution in [2.75, 3.05) is 13.2 Å². The Morgan fingerprint density at radius 2 is 1.40 bits per heavy atom. The molecule has 0 amide bonds. The molecule has 0 saturated carbocycles. The van der Waals surface area contributed by atoms with E-state index in [0.29, 0.717) is 12.2 Å². The van der Waals surface area contributed by atoms with Gasteiger partial charge in [0.15, 0.2) is 0 Å². The molecule has 0 aromatic carbocycles. The van der Waals surface area contributed by atoms with Crippen molar-refractivity contribution in [3.63, 3.8) is 0 Å². The molecule has 2 aliphatic rings. The van der Waals surface area contributed by atoms with E-state index < -0.39 is 6.35 Å². The molecule has 2 unspecified atom stereocenters. The van der Waals surface area contributed by atoms with E-state index in [1.807, 2.05) is 0 Å². The summed E-state index contributed by atoms with van der Waals surface area (Å²) >= 11 is 5.48. The molecule has 2 heterocycles. The van der Waals surface area contributed by atoms with Crippen LogP contribution in [-0.2, 0) is 9.47 Å². The van der Waals surface area contributed by atoms with Crippen molar-refractivity contribution >= 4 is 47.0 Å². The summed E-state index contributed by atoms with van der Waals surface area (Å²) in [4.78, 5) is 0. The van der Waals surface area contributed by atoms with Gasteiger partial charge in [-0.05, 0) is 0 Å². The second-order valence-electron chi connectivity index (χ2n) is 4.30. The molecule has 2 fully saturated rings. The van der Waals surface area contributed by atoms with Crippen LogP contribution in [0.25, 0.3) is 0 Å². The Hall–Kier alpha value is 1.90. The van der Waals surface area contributed by atoms with Crippen molar-refractivity contribution in [1.29, 1.82) is 0 Å². The van der Waals surface area contributed by atoms with E-state index in [0.717, 1.165) is 13.2 Å². The van der Waals surface area contributed by atoms with Gasteiger partial charge in [0.05, 0.1) is 0 Å². The fraction of sp³-hybridized carbons (Fsp3) is 1.00. The summed E-state index contributed by atoms with van der Waals surface area (Å²) in [6.45, 7) is 1.98. The molecule has 0 aromatic heterocycles. The molecule has 2 aliphatic heterocycles. The summed E-state index contributed by atoms with van der Waals surface area (Å²) in [5.41, 5.74) is 0. The van der Waals surface area contributed by atoms with E-state index in [2.05, 4.69) is 40.7 Å². The zero-order chi connectivity index (χ0) is 10.7. The molecule has 2 rings (SSSR count). The average molecular weight is 503 g/mol. The van der Waals surface area contributed by atoms with Crippen LogP contribution < -0.4 is 0 Å². The second kappa shape index (κ2) is 6.18. The van der Waals surface area contributed by atoms with Gasteiger partial charge in [0, 0.05) is 0 Å². The molecule has 0 spiro atoms. The Morgan fingerprint density at radius 1 is 0.933 bits per heavy atom. The predicted molar refractivity (Wildman–Crippen MR) is 81.4 cm³/mol. The molecule has 0 aromatic rings. The van der Waals surface area contributed by atoms with Crippen molar-refractivity contribution in [2.24, 2.45) is 0 Å². The number of rotatable bonds is 4. The Kier molecular flexibility index (Phi) is 5.49. The van der Waals surface area contributed by atoms with Crippen LogP contribution in [0.1, 0.15) is 25.7 Å². The summed E-state index contributed by atoms with van der Waals surface area (Å²) in [6, 6.07) is 0. The van der Waals surface area contributed by atoms with Crippen LogP contribution in [0.15, 0.2) is 0 Å². The van der Waals surface area contributed by atoms with Crippen LogP contribution in [0.4, 0.5) is 0 Å². The molecule has 2 nitrogen and oxygen atoms in total. The molecule has 0 bridgehead atoms. The third-order valence-corrected chi connectivity index (χ3v) is 14.0. The molecule has 0 radical (unpaired) electrons. The van der Waals surface area contributed by atoms with Gasteiger partial charge >= 0.3 is 118 Å². The van der Waals surface area contributed by atoms with Crippen LogP contribution in [0, 0.1) is 0 Å². The first kappa shape index (κ1) is 13.3. The molecule has 2 saturated heterocycles. The van der Waals surface area contributed by atoms with E-state index >= 15 is 0 Å². The Labute approximate surface area is 117 Å². The normalized spacial score (nSPS) is 33.5. The maximum atomic E-state index is 5.74. The minimum absolute atomic E-state index is 0.570. The molecule has 15 heavy (non-hydrogen) atoms. The fourth-order valence-corrected chi connectivity index (χ4v) is 14.2. The van der Waals surface area contributed by atoms with Crippen molar-refractivity contribution in [1.82, 2.24) is 0 Å². The van der Waals surface area contributed by atoms with E-state index in [-0.39, 0.29) is 0 Å². The molecule has 5 heteroatoms. The van der Waals surface area contributed by atoms with Crippen molar-refractivity contribution in [3.8, 4) is 0 Å². The van der Waals surface area contributed by atoms with Gasteiger partial charge in [0.1, 0.15) is 0 Å².